The molecule has 1 rings (SSSR count). The zero-order valence-corrected chi connectivity index (χ0v) is 11.0. The lowest BCUT2D eigenvalue weighted by Crippen LogP contribution is -2.53. The van der Waals surface area contributed by atoms with E-state index in [-0.39, 0.29) is 0 Å². The monoisotopic (exact) mass is 212 g/mol. The molecule has 0 aromatic carbocycles. The van der Waals surface area contributed by atoms with Crippen LogP contribution in [0.3, 0.4) is 0 Å². The van der Waals surface area contributed by atoms with E-state index in [1.165, 1.54) is 45.2 Å². The van der Waals surface area contributed by atoms with Crippen LogP contribution in [0.4, 0.5) is 0 Å². The Kier molecular flexibility index (Phi) is 5.62. The minimum absolute atomic E-state index is 0.690. The van der Waals surface area contributed by atoms with Gasteiger partial charge in [-0.15, -0.1) is 0 Å². The Morgan fingerprint density at radius 2 is 1.73 bits per heavy atom. The zero-order chi connectivity index (χ0) is 11.3. The van der Waals surface area contributed by atoms with Crippen molar-refractivity contribution in [3.05, 3.63) is 0 Å². The number of rotatable bonds is 5. The van der Waals surface area contributed by atoms with Gasteiger partial charge in [0, 0.05) is 13.1 Å². The topological polar surface area (TPSA) is 6.48 Å². The molecule has 2 nitrogen and oxygen atoms in total. The lowest BCUT2D eigenvalue weighted by Gasteiger charge is -2.44. The summed E-state index contributed by atoms with van der Waals surface area (Å²) in [4.78, 5) is 5.10. The van der Waals surface area contributed by atoms with E-state index in [2.05, 4.69) is 37.7 Å². The molecule has 1 saturated heterocycles. The molecule has 1 heterocycles. The maximum atomic E-state index is 2.55. The maximum Gasteiger partial charge on any atom is 0.0646 e. The van der Waals surface area contributed by atoms with E-state index in [0.717, 1.165) is 5.92 Å². The van der Waals surface area contributed by atoms with Crippen LogP contribution in [0.25, 0.3) is 0 Å². The van der Waals surface area contributed by atoms with Gasteiger partial charge in [0.15, 0.2) is 0 Å². The summed E-state index contributed by atoms with van der Waals surface area (Å²) in [5, 5.41) is 0. The van der Waals surface area contributed by atoms with Gasteiger partial charge in [0.1, 0.15) is 0 Å². The van der Waals surface area contributed by atoms with Crippen molar-refractivity contribution in [2.45, 2.75) is 52.1 Å². The number of hydrogen-bond acceptors (Lipinski definition) is 2. The normalized spacial score (nSPS) is 23.2. The summed E-state index contributed by atoms with van der Waals surface area (Å²) >= 11 is 0. The lowest BCUT2D eigenvalue weighted by molar-refractivity contribution is -0.00456. The van der Waals surface area contributed by atoms with E-state index < -0.39 is 0 Å². The Morgan fingerprint density at radius 3 is 2.20 bits per heavy atom. The van der Waals surface area contributed by atoms with Gasteiger partial charge in [-0.25, -0.2) is 0 Å². The van der Waals surface area contributed by atoms with Crippen LogP contribution < -0.4 is 0 Å². The van der Waals surface area contributed by atoms with Gasteiger partial charge in [0.25, 0.3) is 0 Å². The van der Waals surface area contributed by atoms with E-state index in [9.17, 15) is 0 Å². The van der Waals surface area contributed by atoms with Crippen molar-refractivity contribution in [1.29, 1.82) is 0 Å². The first-order valence-electron chi connectivity index (χ1n) is 6.61. The molecule has 0 aliphatic carbocycles. The van der Waals surface area contributed by atoms with Crippen LogP contribution in [0.5, 0.6) is 0 Å². The highest BCUT2D eigenvalue weighted by Gasteiger charge is 2.29. The third kappa shape index (κ3) is 3.46. The van der Waals surface area contributed by atoms with Crippen molar-refractivity contribution in [1.82, 2.24) is 9.80 Å². The molecular weight excluding hydrogens is 184 g/mol. The number of hydrogen-bond donors (Lipinski definition) is 0. The van der Waals surface area contributed by atoms with Crippen molar-refractivity contribution >= 4 is 0 Å². The molecule has 90 valence electrons. The molecule has 0 spiro atoms. The summed E-state index contributed by atoms with van der Waals surface area (Å²) in [7, 11) is 4.57. The first-order chi connectivity index (χ1) is 7.20. The van der Waals surface area contributed by atoms with Gasteiger partial charge < -0.3 is 0 Å². The molecule has 1 unspecified atom stereocenters. The van der Waals surface area contributed by atoms with Crippen LogP contribution >= 0.6 is 0 Å². The van der Waals surface area contributed by atoms with Crippen LogP contribution in [-0.2, 0) is 0 Å². The third-order valence-electron chi connectivity index (χ3n) is 3.80. The molecule has 0 bridgehead atoms. The van der Waals surface area contributed by atoms with Gasteiger partial charge >= 0.3 is 0 Å². The largest absolute Gasteiger partial charge is 0.291 e. The van der Waals surface area contributed by atoms with Crippen LogP contribution in [-0.4, -0.2) is 43.2 Å². The minimum Gasteiger partial charge on any atom is -0.291 e. The minimum atomic E-state index is 0.690. The summed E-state index contributed by atoms with van der Waals surface area (Å²) in [6.07, 6.45) is 7.45. The maximum absolute atomic E-state index is 2.55. The Labute approximate surface area is 95.6 Å². The molecule has 1 fully saturated rings. The van der Waals surface area contributed by atoms with Crippen molar-refractivity contribution in [3.63, 3.8) is 0 Å². The predicted molar refractivity (Wildman–Crippen MR) is 67.0 cm³/mol. The van der Waals surface area contributed by atoms with Gasteiger partial charge in [-0.1, -0.05) is 33.1 Å². The van der Waals surface area contributed by atoms with Crippen LogP contribution in [0, 0.1) is 5.92 Å². The molecule has 1 aliphatic rings. The Hall–Kier alpha value is -0.0800. The molecule has 0 N–H and O–H groups in total. The average molecular weight is 212 g/mol. The second-order valence-corrected chi connectivity index (χ2v) is 5.04. The van der Waals surface area contributed by atoms with Crippen molar-refractivity contribution < 1.29 is 0 Å². The van der Waals surface area contributed by atoms with Crippen molar-refractivity contribution in [2.24, 2.45) is 5.92 Å². The Balaban J connectivity index is 2.54. The molecule has 1 aliphatic heterocycles. The van der Waals surface area contributed by atoms with E-state index in [4.69, 9.17) is 0 Å². The lowest BCUT2D eigenvalue weighted by atomic mass is 9.93. The molecule has 0 amide bonds. The van der Waals surface area contributed by atoms with Crippen molar-refractivity contribution in [2.75, 3.05) is 27.2 Å². The smallest absolute Gasteiger partial charge is 0.0646 e. The van der Waals surface area contributed by atoms with Crippen LogP contribution in [0.15, 0.2) is 0 Å². The standard InChI is InChI=1S/C13H28N2/c1-5-7-9-12(6-2)13-14(3)10-8-11-15(13)4/h12-13H,5-11H2,1-4H3. The fourth-order valence-electron chi connectivity index (χ4n) is 2.92. The first kappa shape index (κ1) is 13.0. The highest BCUT2D eigenvalue weighted by molar-refractivity contribution is 4.80. The summed E-state index contributed by atoms with van der Waals surface area (Å²) in [5.74, 6) is 0.861. The molecule has 0 aromatic rings. The number of unbranched alkanes of at least 4 members (excludes halogenated alkanes) is 1. The SMILES string of the molecule is CCCCC(CC)C1N(C)CCCN1C. The number of nitrogens with zero attached hydrogens (tertiary/aromatic N) is 2. The van der Waals surface area contributed by atoms with Crippen LogP contribution in [0.1, 0.15) is 46.0 Å². The fourth-order valence-corrected chi connectivity index (χ4v) is 2.92. The quantitative estimate of drug-likeness (QED) is 0.691. The summed E-state index contributed by atoms with van der Waals surface area (Å²) < 4.78 is 0. The van der Waals surface area contributed by atoms with Gasteiger partial charge in [-0.3, -0.25) is 9.80 Å². The highest BCUT2D eigenvalue weighted by Crippen LogP contribution is 2.25. The molecule has 1 atom stereocenters. The van der Waals surface area contributed by atoms with E-state index >= 15 is 0 Å². The third-order valence-corrected chi connectivity index (χ3v) is 3.80. The van der Waals surface area contributed by atoms with Gasteiger partial charge in [-0.05, 0) is 32.9 Å². The van der Waals surface area contributed by atoms with Crippen LogP contribution in [0.2, 0.25) is 0 Å². The molecule has 15 heavy (non-hydrogen) atoms. The summed E-state index contributed by atoms with van der Waals surface area (Å²) in [5.41, 5.74) is 0. The fraction of sp³-hybridized carbons (Fsp3) is 1.00. The molecule has 0 radical (unpaired) electrons. The predicted octanol–water partition coefficient (Wildman–Crippen LogP) is 2.80. The Bertz CT molecular complexity index is 160. The van der Waals surface area contributed by atoms with E-state index in [1.54, 1.807) is 0 Å². The second-order valence-electron chi connectivity index (χ2n) is 5.04. The van der Waals surface area contributed by atoms with Gasteiger partial charge in [0.2, 0.25) is 0 Å². The molecule has 0 aromatic heterocycles. The van der Waals surface area contributed by atoms with E-state index in [0.29, 0.717) is 6.17 Å². The molecular formula is C13H28N2. The second kappa shape index (κ2) is 6.49. The van der Waals surface area contributed by atoms with Gasteiger partial charge in [0.05, 0.1) is 6.17 Å². The Morgan fingerprint density at radius 1 is 1.13 bits per heavy atom. The summed E-state index contributed by atoms with van der Waals surface area (Å²) in [6, 6.07) is 0. The first-order valence-corrected chi connectivity index (χ1v) is 6.61. The highest BCUT2D eigenvalue weighted by atomic mass is 15.4. The van der Waals surface area contributed by atoms with E-state index in [1.807, 2.05) is 0 Å². The van der Waals surface area contributed by atoms with Crippen molar-refractivity contribution in [3.8, 4) is 0 Å². The molecule has 0 saturated carbocycles. The molecule has 2 heteroatoms. The average Bonchev–Trinajstić information content (AvgIpc) is 2.22. The zero-order valence-electron chi connectivity index (χ0n) is 11.0. The summed E-state index contributed by atoms with van der Waals surface area (Å²) in [6.45, 7) is 7.19. The van der Waals surface area contributed by atoms with Gasteiger partial charge in [-0.2, -0.15) is 0 Å².